The highest BCUT2D eigenvalue weighted by Gasteiger charge is 2.21. The first-order chi connectivity index (χ1) is 6.78. The minimum absolute atomic E-state index is 0.326. The number of aromatic nitrogens is 1. The summed E-state index contributed by atoms with van der Waals surface area (Å²) < 4.78 is 0. The van der Waals surface area contributed by atoms with Crippen LogP contribution in [0.4, 0.5) is 0 Å². The Bertz CT molecular complexity index is 300. The first-order valence-corrected chi connectivity index (χ1v) is 5.90. The summed E-state index contributed by atoms with van der Waals surface area (Å²) in [6, 6.07) is 0. The Labute approximate surface area is 88.4 Å². The van der Waals surface area contributed by atoms with Gasteiger partial charge in [0.25, 0.3) is 0 Å². The Morgan fingerprint density at radius 3 is 3.14 bits per heavy atom. The molecule has 0 amide bonds. The van der Waals surface area contributed by atoms with Crippen LogP contribution >= 0.6 is 11.3 Å². The number of aliphatic hydroxyl groups is 1. The van der Waals surface area contributed by atoms with Crippen molar-refractivity contribution in [2.24, 2.45) is 5.92 Å². The molecular formula is C10H16N2OS. The van der Waals surface area contributed by atoms with Crippen molar-refractivity contribution in [1.29, 1.82) is 0 Å². The molecule has 1 N–H and O–H groups in total. The van der Waals surface area contributed by atoms with E-state index in [9.17, 15) is 0 Å². The van der Waals surface area contributed by atoms with Gasteiger partial charge in [0.15, 0.2) is 0 Å². The molecule has 0 aliphatic carbocycles. The lowest BCUT2D eigenvalue weighted by molar-refractivity contribution is 0.219. The molecule has 0 aromatic carbocycles. The average molecular weight is 212 g/mol. The highest BCUT2D eigenvalue weighted by molar-refractivity contribution is 7.09. The molecule has 1 saturated heterocycles. The maximum absolute atomic E-state index is 9.01. The third-order valence-electron chi connectivity index (χ3n) is 2.68. The van der Waals surface area contributed by atoms with Crippen molar-refractivity contribution in [3.05, 3.63) is 16.1 Å². The maximum Gasteiger partial charge on any atom is 0.0897 e. The van der Waals surface area contributed by atoms with Crippen molar-refractivity contribution in [3.63, 3.8) is 0 Å². The lowest BCUT2D eigenvalue weighted by Gasteiger charge is -2.13. The Morgan fingerprint density at radius 1 is 1.71 bits per heavy atom. The second-order valence-electron chi connectivity index (χ2n) is 3.93. The van der Waals surface area contributed by atoms with Crippen LogP contribution in [0.3, 0.4) is 0 Å². The molecule has 3 nitrogen and oxygen atoms in total. The highest BCUT2D eigenvalue weighted by Crippen LogP contribution is 2.18. The molecule has 4 heteroatoms. The third kappa shape index (κ3) is 2.32. The van der Waals surface area contributed by atoms with E-state index in [1.54, 1.807) is 11.3 Å². The number of rotatable bonds is 3. The Balaban J connectivity index is 1.87. The average Bonchev–Trinajstić information content (AvgIpc) is 2.76. The van der Waals surface area contributed by atoms with Crippen molar-refractivity contribution in [3.8, 4) is 0 Å². The smallest absolute Gasteiger partial charge is 0.0897 e. The van der Waals surface area contributed by atoms with Gasteiger partial charge < -0.3 is 5.11 Å². The summed E-state index contributed by atoms with van der Waals surface area (Å²) in [6.45, 7) is 5.43. The number of hydrogen-bond acceptors (Lipinski definition) is 4. The summed E-state index contributed by atoms with van der Waals surface area (Å²) in [5.74, 6) is 0.481. The van der Waals surface area contributed by atoms with Crippen LogP contribution in [0.2, 0.25) is 0 Å². The summed E-state index contributed by atoms with van der Waals surface area (Å²) in [7, 11) is 0. The number of aryl methyl sites for hydroxylation is 1. The van der Waals surface area contributed by atoms with Crippen molar-refractivity contribution in [1.82, 2.24) is 9.88 Å². The van der Waals surface area contributed by atoms with E-state index in [1.807, 2.05) is 6.92 Å². The monoisotopic (exact) mass is 212 g/mol. The molecule has 2 rings (SSSR count). The summed E-state index contributed by atoms with van der Waals surface area (Å²) in [5, 5.41) is 12.3. The van der Waals surface area contributed by atoms with Gasteiger partial charge in [-0.15, -0.1) is 11.3 Å². The molecule has 14 heavy (non-hydrogen) atoms. The normalized spacial score (nSPS) is 23.1. The predicted octanol–water partition coefficient (Wildman–Crippen LogP) is 1.27. The standard InChI is InChI=1S/C10H16N2OS/c1-8-11-10(7-14-8)5-12-3-2-9(4-12)6-13/h7,9,13H,2-6H2,1H3. The molecule has 1 aromatic heterocycles. The second-order valence-corrected chi connectivity index (χ2v) is 4.99. The minimum atomic E-state index is 0.326. The predicted molar refractivity (Wildman–Crippen MR) is 57.3 cm³/mol. The van der Waals surface area contributed by atoms with Gasteiger partial charge in [-0.05, 0) is 25.8 Å². The molecule has 78 valence electrons. The van der Waals surface area contributed by atoms with E-state index >= 15 is 0 Å². The zero-order valence-electron chi connectivity index (χ0n) is 8.44. The second kappa shape index (κ2) is 4.38. The number of likely N-dealkylation sites (tertiary alicyclic amines) is 1. The molecule has 1 aliphatic rings. The maximum atomic E-state index is 9.01. The molecule has 0 bridgehead atoms. The number of aliphatic hydroxyl groups excluding tert-OH is 1. The number of nitrogens with zero attached hydrogens (tertiary/aromatic N) is 2. The van der Waals surface area contributed by atoms with Crippen LogP contribution < -0.4 is 0 Å². The van der Waals surface area contributed by atoms with Gasteiger partial charge in [0.2, 0.25) is 0 Å². The van der Waals surface area contributed by atoms with Gasteiger partial charge in [-0.25, -0.2) is 4.98 Å². The molecule has 0 saturated carbocycles. The van der Waals surface area contributed by atoms with Crippen molar-refractivity contribution in [2.45, 2.75) is 19.9 Å². The first kappa shape index (κ1) is 10.1. The molecule has 0 spiro atoms. The summed E-state index contributed by atoms with van der Waals surface area (Å²) >= 11 is 1.71. The zero-order chi connectivity index (χ0) is 9.97. The molecule has 1 unspecified atom stereocenters. The van der Waals surface area contributed by atoms with Crippen LogP contribution in [0.5, 0.6) is 0 Å². The van der Waals surface area contributed by atoms with Crippen LogP contribution in [-0.2, 0) is 6.54 Å². The van der Waals surface area contributed by atoms with Crippen LogP contribution in [0.1, 0.15) is 17.1 Å². The molecule has 1 fully saturated rings. The molecular weight excluding hydrogens is 196 g/mol. The fraction of sp³-hybridized carbons (Fsp3) is 0.700. The van der Waals surface area contributed by atoms with E-state index in [0.29, 0.717) is 12.5 Å². The van der Waals surface area contributed by atoms with E-state index in [1.165, 1.54) is 5.69 Å². The SMILES string of the molecule is Cc1nc(CN2CCC(CO)C2)cs1. The van der Waals surface area contributed by atoms with Crippen molar-refractivity contribution in [2.75, 3.05) is 19.7 Å². The van der Waals surface area contributed by atoms with Gasteiger partial charge in [-0.1, -0.05) is 0 Å². The molecule has 0 radical (unpaired) electrons. The van der Waals surface area contributed by atoms with Gasteiger partial charge >= 0.3 is 0 Å². The van der Waals surface area contributed by atoms with Gasteiger partial charge in [0.05, 0.1) is 10.7 Å². The van der Waals surface area contributed by atoms with Gasteiger partial charge in [-0.3, -0.25) is 4.90 Å². The van der Waals surface area contributed by atoms with Crippen LogP contribution in [0.15, 0.2) is 5.38 Å². The molecule has 1 aliphatic heterocycles. The van der Waals surface area contributed by atoms with E-state index in [2.05, 4.69) is 15.3 Å². The minimum Gasteiger partial charge on any atom is -0.396 e. The fourth-order valence-corrected chi connectivity index (χ4v) is 2.52. The van der Waals surface area contributed by atoms with E-state index in [0.717, 1.165) is 31.1 Å². The Kier molecular flexibility index (Phi) is 3.15. The summed E-state index contributed by atoms with van der Waals surface area (Å²) in [5.41, 5.74) is 1.17. The first-order valence-electron chi connectivity index (χ1n) is 5.02. The van der Waals surface area contributed by atoms with E-state index < -0.39 is 0 Å². The fourth-order valence-electron chi connectivity index (χ4n) is 1.92. The summed E-state index contributed by atoms with van der Waals surface area (Å²) in [4.78, 5) is 6.81. The lowest BCUT2D eigenvalue weighted by atomic mass is 10.1. The molecule has 2 heterocycles. The van der Waals surface area contributed by atoms with Gasteiger partial charge in [0, 0.05) is 25.1 Å². The highest BCUT2D eigenvalue weighted by atomic mass is 32.1. The summed E-state index contributed by atoms with van der Waals surface area (Å²) in [6.07, 6.45) is 1.12. The largest absolute Gasteiger partial charge is 0.396 e. The van der Waals surface area contributed by atoms with Crippen molar-refractivity contribution >= 4 is 11.3 Å². The van der Waals surface area contributed by atoms with E-state index in [4.69, 9.17) is 5.11 Å². The van der Waals surface area contributed by atoms with Crippen LogP contribution in [0.25, 0.3) is 0 Å². The third-order valence-corrected chi connectivity index (χ3v) is 3.50. The van der Waals surface area contributed by atoms with Crippen LogP contribution in [-0.4, -0.2) is 34.7 Å². The molecule has 1 atom stereocenters. The quantitative estimate of drug-likeness (QED) is 0.819. The van der Waals surface area contributed by atoms with Crippen molar-refractivity contribution < 1.29 is 5.11 Å². The van der Waals surface area contributed by atoms with E-state index in [-0.39, 0.29) is 0 Å². The Hall–Kier alpha value is -0.450. The number of hydrogen-bond donors (Lipinski definition) is 1. The zero-order valence-corrected chi connectivity index (χ0v) is 9.26. The topological polar surface area (TPSA) is 36.4 Å². The van der Waals surface area contributed by atoms with Crippen LogP contribution in [0, 0.1) is 12.8 Å². The lowest BCUT2D eigenvalue weighted by Crippen LogP contribution is -2.21. The molecule has 1 aromatic rings. The Morgan fingerprint density at radius 2 is 2.57 bits per heavy atom. The van der Waals surface area contributed by atoms with Gasteiger partial charge in [0.1, 0.15) is 0 Å². The van der Waals surface area contributed by atoms with Gasteiger partial charge in [-0.2, -0.15) is 0 Å². The number of thiazole rings is 1.